The van der Waals surface area contributed by atoms with Crippen LogP contribution >= 0.6 is 12.2 Å². The molecule has 0 aliphatic heterocycles. The van der Waals surface area contributed by atoms with Crippen molar-refractivity contribution < 1.29 is 0 Å². The van der Waals surface area contributed by atoms with Gasteiger partial charge in [0.15, 0.2) is 4.77 Å². The van der Waals surface area contributed by atoms with Crippen LogP contribution in [0.3, 0.4) is 0 Å². The number of aromatic nitrogens is 2. The number of nitrogens with zero attached hydrogens (tertiary/aromatic N) is 1. The van der Waals surface area contributed by atoms with Crippen molar-refractivity contribution in [2.75, 3.05) is 0 Å². The summed E-state index contributed by atoms with van der Waals surface area (Å²) in [6.07, 6.45) is 7.81. The van der Waals surface area contributed by atoms with E-state index in [1.165, 1.54) is 19.3 Å². The Kier molecular flexibility index (Phi) is 1.42. The first-order chi connectivity index (χ1) is 5.22. The van der Waals surface area contributed by atoms with Crippen LogP contribution in [0.2, 0.25) is 0 Å². The molecular weight excluding hydrogens is 156 g/mol. The third-order valence-electron chi connectivity index (χ3n) is 2.66. The minimum atomic E-state index is 0.317. The highest BCUT2D eigenvalue weighted by Gasteiger charge is 2.33. The van der Waals surface area contributed by atoms with E-state index in [1.807, 2.05) is 12.4 Å². The highest BCUT2D eigenvalue weighted by molar-refractivity contribution is 7.71. The van der Waals surface area contributed by atoms with Gasteiger partial charge in [-0.25, -0.2) is 0 Å². The van der Waals surface area contributed by atoms with Crippen molar-refractivity contribution in [3.63, 3.8) is 0 Å². The van der Waals surface area contributed by atoms with E-state index in [1.54, 1.807) is 0 Å². The summed E-state index contributed by atoms with van der Waals surface area (Å²) in [5, 5.41) is 0. The molecule has 2 rings (SSSR count). The summed E-state index contributed by atoms with van der Waals surface area (Å²) in [5.74, 6) is 0. The van der Waals surface area contributed by atoms with Gasteiger partial charge >= 0.3 is 0 Å². The third-order valence-corrected chi connectivity index (χ3v) is 2.98. The van der Waals surface area contributed by atoms with E-state index < -0.39 is 0 Å². The minimum absolute atomic E-state index is 0.317. The maximum absolute atomic E-state index is 5.14. The quantitative estimate of drug-likeness (QED) is 0.639. The van der Waals surface area contributed by atoms with Gasteiger partial charge in [-0.2, -0.15) is 0 Å². The Bertz CT molecular complexity index is 306. The second-order valence-electron chi connectivity index (χ2n) is 3.49. The lowest BCUT2D eigenvalue weighted by Gasteiger charge is -2.39. The lowest BCUT2D eigenvalue weighted by molar-refractivity contribution is 0.166. The average molecular weight is 168 g/mol. The largest absolute Gasteiger partial charge is 0.337 e. The van der Waals surface area contributed by atoms with Crippen LogP contribution in [-0.2, 0) is 5.54 Å². The maximum atomic E-state index is 5.14. The Morgan fingerprint density at radius 1 is 1.64 bits per heavy atom. The van der Waals surface area contributed by atoms with Crippen LogP contribution in [0.5, 0.6) is 0 Å². The number of nitrogens with one attached hydrogen (secondary N) is 1. The van der Waals surface area contributed by atoms with Gasteiger partial charge in [0.25, 0.3) is 0 Å². The predicted octanol–water partition coefficient (Wildman–Crippen LogP) is 2.44. The molecule has 11 heavy (non-hydrogen) atoms. The minimum Gasteiger partial charge on any atom is -0.337 e. The molecule has 1 fully saturated rings. The molecule has 1 aliphatic carbocycles. The van der Waals surface area contributed by atoms with Gasteiger partial charge in [-0.15, -0.1) is 0 Å². The zero-order valence-corrected chi connectivity index (χ0v) is 7.45. The van der Waals surface area contributed by atoms with Crippen molar-refractivity contribution in [3.8, 4) is 0 Å². The van der Waals surface area contributed by atoms with Crippen LogP contribution < -0.4 is 0 Å². The molecular formula is C8H12N2S. The van der Waals surface area contributed by atoms with Crippen molar-refractivity contribution >= 4 is 12.2 Å². The first-order valence-electron chi connectivity index (χ1n) is 3.99. The normalized spacial score (nSPS) is 21.2. The van der Waals surface area contributed by atoms with Gasteiger partial charge in [0.05, 0.1) is 0 Å². The number of rotatable bonds is 1. The lowest BCUT2D eigenvalue weighted by atomic mass is 9.78. The molecule has 0 aromatic carbocycles. The molecule has 0 atom stereocenters. The molecule has 60 valence electrons. The van der Waals surface area contributed by atoms with Crippen molar-refractivity contribution in [1.82, 2.24) is 9.55 Å². The standard InChI is InChI=1S/C8H12N2S/c1-8(3-2-4-8)10-6-5-9-7(10)11/h5-6H,2-4H2,1H3,(H,9,11). The molecule has 0 amide bonds. The summed E-state index contributed by atoms with van der Waals surface area (Å²) in [6, 6.07) is 0. The Balaban J connectivity index is 2.42. The van der Waals surface area contributed by atoms with Crippen molar-refractivity contribution in [2.24, 2.45) is 0 Å². The molecule has 0 unspecified atom stereocenters. The van der Waals surface area contributed by atoms with E-state index in [2.05, 4.69) is 16.5 Å². The molecule has 1 saturated carbocycles. The van der Waals surface area contributed by atoms with Gasteiger partial charge in [0, 0.05) is 17.9 Å². The van der Waals surface area contributed by atoms with Gasteiger partial charge in [-0.3, -0.25) is 0 Å². The van der Waals surface area contributed by atoms with E-state index >= 15 is 0 Å². The van der Waals surface area contributed by atoms with Crippen LogP contribution in [-0.4, -0.2) is 9.55 Å². The number of H-pyrrole nitrogens is 1. The SMILES string of the molecule is CC1(n2cc[nH]c2=S)CCC1. The molecule has 1 aromatic rings. The zero-order valence-electron chi connectivity index (χ0n) is 6.63. The molecule has 1 aromatic heterocycles. The Labute approximate surface area is 71.2 Å². The number of hydrogen-bond acceptors (Lipinski definition) is 1. The Morgan fingerprint density at radius 2 is 2.36 bits per heavy atom. The Morgan fingerprint density at radius 3 is 2.73 bits per heavy atom. The van der Waals surface area contributed by atoms with Crippen LogP contribution in [0.15, 0.2) is 12.4 Å². The fraction of sp³-hybridized carbons (Fsp3) is 0.625. The summed E-state index contributed by atoms with van der Waals surface area (Å²) >= 11 is 5.14. The van der Waals surface area contributed by atoms with Gasteiger partial charge in [-0.05, 0) is 38.4 Å². The number of hydrogen-bond donors (Lipinski definition) is 1. The van der Waals surface area contributed by atoms with Crippen LogP contribution in [0.4, 0.5) is 0 Å². The van der Waals surface area contributed by atoms with E-state index in [0.29, 0.717) is 5.54 Å². The van der Waals surface area contributed by atoms with E-state index in [0.717, 1.165) is 4.77 Å². The average Bonchev–Trinajstić information content (AvgIpc) is 2.30. The van der Waals surface area contributed by atoms with Gasteiger partial charge < -0.3 is 9.55 Å². The molecule has 0 radical (unpaired) electrons. The van der Waals surface area contributed by atoms with Gasteiger partial charge in [-0.1, -0.05) is 0 Å². The number of aromatic amines is 1. The molecule has 3 heteroatoms. The van der Waals surface area contributed by atoms with E-state index in [4.69, 9.17) is 12.2 Å². The predicted molar refractivity (Wildman–Crippen MR) is 47.1 cm³/mol. The smallest absolute Gasteiger partial charge is 0.177 e. The zero-order chi connectivity index (χ0) is 7.90. The molecule has 0 bridgehead atoms. The summed E-state index contributed by atoms with van der Waals surface area (Å²) in [5.41, 5.74) is 0.317. The molecule has 0 spiro atoms. The molecule has 1 heterocycles. The molecule has 0 saturated heterocycles. The summed E-state index contributed by atoms with van der Waals surface area (Å²) < 4.78 is 3.03. The molecule has 1 N–H and O–H groups in total. The maximum Gasteiger partial charge on any atom is 0.177 e. The molecule has 2 nitrogen and oxygen atoms in total. The fourth-order valence-corrected chi connectivity index (χ4v) is 2.02. The third kappa shape index (κ3) is 0.948. The van der Waals surface area contributed by atoms with Crippen molar-refractivity contribution in [2.45, 2.75) is 31.7 Å². The summed E-state index contributed by atoms with van der Waals surface area (Å²) in [7, 11) is 0. The van der Waals surface area contributed by atoms with Crippen molar-refractivity contribution in [3.05, 3.63) is 17.2 Å². The summed E-state index contributed by atoms with van der Waals surface area (Å²) in [4.78, 5) is 3.02. The first-order valence-corrected chi connectivity index (χ1v) is 4.40. The number of imidazole rings is 1. The highest BCUT2D eigenvalue weighted by atomic mass is 32.1. The lowest BCUT2D eigenvalue weighted by Crippen LogP contribution is -2.36. The van der Waals surface area contributed by atoms with E-state index in [9.17, 15) is 0 Å². The monoisotopic (exact) mass is 168 g/mol. The van der Waals surface area contributed by atoms with Gasteiger partial charge in [0.1, 0.15) is 0 Å². The topological polar surface area (TPSA) is 20.7 Å². The second kappa shape index (κ2) is 2.21. The van der Waals surface area contributed by atoms with Crippen LogP contribution in [0.25, 0.3) is 0 Å². The first kappa shape index (κ1) is 7.10. The second-order valence-corrected chi connectivity index (χ2v) is 3.87. The fourth-order valence-electron chi connectivity index (χ4n) is 1.67. The van der Waals surface area contributed by atoms with Crippen molar-refractivity contribution in [1.29, 1.82) is 0 Å². The van der Waals surface area contributed by atoms with Crippen LogP contribution in [0, 0.1) is 4.77 Å². The summed E-state index contributed by atoms with van der Waals surface area (Å²) in [6.45, 7) is 2.26. The van der Waals surface area contributed by atoms with Crippen LogP contribution in [0.1, 0.15) is 26.2 Å². The van der Waals surface area contributed by atoms with E-state index in [-0.39, 0.29) is 0 Å². The Hall–Kier alpha value is -0.570. The van der Waals surface area contributed by atoms with Gasteiger partial charge in [0.2, 0.25) is 0 Å². The molecule has 1 aliphatic rings. The highest BCUT2D eigenvalue weighted by Crippen LogP contribution is 2.38.